The van der Waals surface area contributed by atoms with Crippen LogP contribution in [0.25, 0.3) is 0 Å². The molecule has 4 rings (SSSR count). The van der Waals surface area contributed by atoms with Crippen molar-refractivity contribution in [3.63, 3.8) is 0 Å². The maximum atomic E-state index is 13.2. The third-order valence-electron chi connectivity index (χ3n) is 4.99. The van der Waals surface area contributed by atoms with Crippen molar-refractivity contribution in [2.24, 2.45) is 0 Å². The lowest BCUT2D eigenvalue weighted by molar-refractivity contribution is -0.384. The predicted molar refractivity (Wildman–Crippen MR) is 113 cm³/mol. The normalized spacial score (nSPS) is 13.0. The molecule has 1 aliphatic heterocycles. The molecule has 1 aliphatic rings. The molecule has 9 heteroatoms. The van der Waals surface area contributed by atoms with Crippen molar-refractivity contribution < 1.29 is 22.9 Å². The number of non-ortho nitro benzene ring substituents is 1. The summed E-state index contributed by atoms with van der Waals surface area (Å²) in [6.07, 6.45) is 0.625. The summed E-state index contributed by atoms with van der Waals surface area (Å²) in [6, 6.07) is 18.7. The van der Waals surface area contributed by atoms with Gasteiger partial charge in [0.2, 0.25) is 0 Å². The molecule has 0 atom stereocenters. The second kappa shape index (κ2) is 8.19. The van der Waals surface area contributed by atoms with Gasteiger partial charge in [-0.3, -0.25) is 14.4 Å². The Hall–Kier alpha value is -3.72. The minimum atomic E-state index is -3.84. The van der Waals surface area contributed by atoms with E-state index in [1.165, 1.54) is 46.8 Å². The first-order valence-electron chi connectivity index (χ1n) is 9.47. The van der Waals surface area contributed by atoms with Gasteiger partial charge < -0.3 is 4.74 Å². The van der Waals surface area contributed by atoms with E-state index in [9.17, 15) is 23.3 Å². The Morgan fingerprint density at radius 2 is 1.81 bits per heavy atom. The van der Waals surface area contributed by atoms with Crippen molar-refractivity contribution >= 4 is 27.4 Å². The quantitative estimate of drug-likeness (QED) is 0.330. The Morgan fingerprint density at radius 1 is 1.03 bits per heavy atom. The van der Waals surface area contributed by atoms with E-state index in [-0.39, 0.29) is 22.8 Å². The number of rotatable bonds is 6. The van der Waals surface area contributed by atoms with E-state index >= 15 is 0 Å². The number of para-hydroxylation sites is 1. The zero-order valence-electron chi connectivity index (χ0n) is 16.3. The van der Waals surface area contributed by atoms with Crippen molar-refractivity contribution in [2.75, 3.05) is 10.8 Å². The van der Waals surface area contributed by atoms with Crippen molar-refractivity contribution in [1.29, 1.82) is 0 Å². The van der Waals surface area contributed by atoms with Gasteiger partial charge in [-0.25, -0.2) is 13.2 Å². The van der Waals surface area contributed by atoms with E-state index in [1.807, 2.05) is 12.1 Å². The molecule has 0 aliphatic carbocycles. The third-order valence-corrected chi connectivity index (χ3v) is 6.80. The number of fused-ring (bicyclic) bond motifs is 1. The molecule has 31 heavy (non-hydrogen) atoms. The number of nitro groups is 1. The highest BCUT2D eigenvalue weighted by Gasteiger charge is 2.31. The Kier molecular flexibility index (Phi) is 5.43. The molecule has 158 valence electrons. The number of hydrogen-bond acceptors (Lipinski definition) is 6. The van der Waals surface area contributed by atoms with Crippen LogP contribution < -0.4 is 4.31 Å². The number of anilines is 1. The smallest absolute Gasteiger partial charge is 0.338 e. The van der Waals surface area contributed by atoms with E-state index < -0.39 is 20.9 Å². The predicted octanol–water partition coefficient (Wildman–Crippen LogP) is 3.70. The van der Waals surface area contributed by atoms with Crippen LogP contribution in [0.4, 0.5) is 11.4 Å². The molecule has 0 amide bonds. The number of benzene rings is 3. The number of nitro benzene ring substituents is 1. The molecule has 0 radical (unpaired) electrons. The van der Waals surface area contributed by atoms with E-state index in [2.05, 4.69) is 0 Å². The van der Waals surface area contributed by atoms with Crippen molar-refractivity contribution in [3.05, 3.63) is 99.6 Å². The van der Waals surface area contributed by atoms with Crippen LogP contribution in [0.2, 0.25) is 0 Å². The van der Waals surface area contributed by atoms with E-state index in [4.69, 9.17) is 4.74 Å². The van der Waals surface area contributed by atoms with Crippen LogP contribution >= 0.6 is 0 Å². The zero-order chi connectivity index (χ0) is 22.0. The summed E-state index contributed by atoms with van der Waals surface area (Å²) in [5.74, 6) is -0.717. The van der Waals surface area contributed by atoms with Gasteiger partial charge in [-0.15, -0.1) is 0 Å². The van der Waals surface area contributed by atoms with Gasteiger partial charge in [0.15, 0.2) is 0 Å². The summed E-state index contributed by atoms with van der Waals surface area (Å²) in [4.78, 5) is 22.8. The van der Waals surface area contributed by atoms with Crippen molar-refractivity contribution in [3.8, 4) is 0 Å². The second-order valence-electron chi connectivity index (χ2n) is 6.99. The monoisotopic (exact) mass is 438 g/mol. The number of ether oxygens (including phenoxy) is 1. The van der Waals surface area contributed by atoms with Crippen LogP contribution in [-0.2, 0) is 27.8 Å². The fourth-order valence-electron chi connectivity index (χ4n) is 3.46. The maximum Gasteiger partial charge on any atom is 0.338 e. The summed E-state index contributed by atoms with van der Waals surface area (Å²) in [5.41, 5.74) is 2.03. The SMILES string of the molecule is O=C(OCc1cccc([N+](=O)[O-])c1)c1cccc(S(=O)(=O)N2CCc3ccccc32)c1. The van der Waals surface area contributed by atoms with Gasteiger partial charge in [-0.2, -0.15) is 0 Å². The molecular formula is C22H18N2O6S. The van der Waals surface area contributed by atoms with E-state index in [0.717, 1.165) is 5.56 Å². The second-order valence-corrected chi connectivity index (χ2v) is 8.85. The molecule has 0 aromatic heterocycles. The first kappa shape index (κ1) is 20.5. The number of hydrogen-bond donors (Lipinski definition) is 0. The summed E-state index contributed by atoms with van der Waals surface area (Å²) in [7, 11) is -3.84. The molecular weight excluding hydrogens is 420 g/mol. The fourth-order valence-corrected chi connectivity index (χ4v) is 5.01. The number of carbonyl (C=O) groups is 1. The topological polar surface area (TPSA) is 107 Å². The lowest BCUT2D eigenvalue weighted by atomic mass is 10.2. The number of nitrogens with zero attached hydrogens (tertiary/aromatic N) is 2. The van der Waals surface area contributed by atoms with Crippen LogP contribution in [0.1, 0.15) is 21.5 Å². The molecule has 1 heterocycles. The largest absolute Gasteiger partial charge is 0.457 e. The van der Waals surface area contributed by atoms with Gasteiger partial charge in [0.1, 0.15) is 6.61 Å². The average Bonchev–Trinajstić information content (AvgIpc) is 3.23. The van der Waals surface area contributed by atoms with Crippen LogP contribution in [0.3, 0.4) is 0 Å². The van der Waals surface area contributed by atoms with Gasteiger partial charge in [-0.05, 0) is 41.8 Å². The third kappa shape index (κ3) is 4.13. The highest BCUT2D eigenvalue weighted by molar-refractivity contribution is 7.92. The van der Waals surface area contributed by atoms with Crippen LogP contribution in [0.15, 0.2) is 77.7 Å². The molecule has 0 fully saturated rings. The summed E-state index contributed by atoms with van der Waals surface area (Å²) < 4.78 is 32.9. The minimum absolute atomic E-state index is 0.00555. The lowest BCUT2D eigenvalue weighted by Crippen LogP contribution is -2.29. The molecule has 0 saturated carbocycles. The minimum Gasteiger partial charge on any atom is -0.457 e. The van der Waals surface area contributed by atoms with E-state index in [0.29, 0.717) is 24.2 Å². The summed E-state index contributed by atoms with van der Waals surface area (Å²) in [5, 5.41) is 10.9. The molecule has 0 saturated heterocycles. The standard InChI is InChI=1S/C22H18N2O6S/c25-22(30-15-16-5-3-8-19(13-16)24(26)27)18-7-4-9-20(14-18)31(28,29)23-12-11-17-6-1-2-10-21(17)23/h1-10,13-14H,11-12,15H2. The molecule has 0 bridgehead atoms. The number of carbonyl (C=O) groups excluding carboxylic acids is 1. The maximum absolute atomic E-state index is 13.2. The lowest BCUT2D eigenvalue weighted by Gasteiger charge is -2.19. The summed E-state index contributed by atoms with van der Waals surface area (Å²) in [6.45, 7) is 0.167. The van der Waals surface area contributed by atoms with Crippen LogP contribution in [-0.4, -0.2) is 25.9 Å². The fraction of sp³-hybridized carbons (Fsp3) is 0.136. The first-order chi connectivity index (χ1) is 14.9. The molecule has 3 aromatic carbocycles. The first-order valence-corrected chi connectivity index (χ1v) is 10.9. The molecule has 3 aromatic rings. The van der Waals surface area contributed by atoms with Gasteiger partial charge in [-0.1, -0.05) is 36.4 Å². The summed E-state index contributed by atoms with van der Waals surface area (Å²) >= 11 is 0. The Labute approximate surface area is 178 Å². The van der Waals surface area contributed by atoms with Crippen molar-refractivity contribution in [1.82, 2.24) is 0 Å². The van der Waals surface area contributed by atoms with Crippen LogP contribution in [0, 0.1) is 10.1 Å². The average molecular weight is 438 g/mol. The van der Waals surface area contributed by atoms with E-state index in [1.54, 1.807) is 18.2 Å². The van der Waals surface area contributed by atoms with Crippen LogP contribution in [0.5, 0.6) is 0 Å². The van der Waals surface area contributed by atoms with Gasteiger partial charge in [0.05, 0.1) is 21.1 Å². The Balaban J connectivity index is 1.52. The highest BCUT2D eigenvalue weighted by atomic mass is 32.2. The Morgan fingerprint density at radius 3 is 2.61 bits per heavy atom. The van der Waals surface area contributed by atoms with Gasteiger partial charge >= 0.3 is 5.97 Å². The Bertz CT molecular complexity index is 1270. The number of sulfonamides is 1. The zero-order valence-corrected chi connectivity index (χ0v) is 17.1. The molecule has 0 spiro atoms. The van der Waals surface area contributed by atoms with Gasteiger partial charge in [0.25, 0.3) is 15.7 Å². The number of esters is 1. The highest BCUT2D eigenvalue weighted by Crippen LogP contribution is 2.32. The van der Waals surface area contributed by atoms with Gasteiger partial charge in [0, 0.05) is 18.7 Å². The molecule has 8 nitrogen and oxygen atoms in total. The van der Waals surface area contributed by atoms with Crippen molar-refractivity contribution in [2.45, 2.75) is 17.9 Å². The molecule has 0 unspecified atom stereocenters. The molecule has 0 N–H and O–H groups in total.